The number of hydrogen-bond donors (Lipinski definition) is 19. The molecule has 101 heavy (non-hydrogen) atoms. The normalized spacial score (nSPS) is 29.4. The van der Waals surface area contributed by atoms with E-state index in [1.165, 1.54) is 45.2 Å². The van der Waals surface area contributed by atoms with E-state index in [-0.39, 0.29) is 52.0 Å². The number of likely N-dealkylation sites (N-methyl/N-ethyl adjacent to an activating group) is 1. The van der Waals surface area contributed by atoms with Gasteiger partial charge >= 0.3 is 5.97 Å². The second kappa shape index (κ2) is 30.2. The Kier molecular flexibility index (Phi) is 22.2. The van der Waals surface area contributed by atoms with Crippen LogP contribution >= 0.6 is 23.2 Å². The summed E-state index contributed by atoms with van der Waals surface area (Å²) < 4.78 is 38.0. The number of nitrogens with one attached hydrogen (secondary N) is 7. The third kappa shape index (κ3) is 15.8. The van der Waals surface area contributed by atoms with E-state index in [2.05, 4.69) is 37.2 Å². The second-order valence-electron chi connectivity index (χ2n) is 25.7. The van der Waals surface area contributed by atoms with Crippen LogP contribution in [0.25, 0.3) is 11.1 Å². The van der Waals surface area contributed by atoms with E-state index >= 15 is 19.2 Å². The van der Waals surface area contributed by atoms with E-state index in [1.54, 1.807) is 0 Å². The number of hydrogen-bond acceptors (Lipinski definition) is 25. The molecular formula is C66H75Cl2N9O24. The summed E-state index contributed by atoms with van der Waals surface area (Å²) in [6.07, 6.45) is -19.0. The van der Waals surface area contributed by atoms with Crippen LogP contribution in [0.2, 0.25) is 10.0 Å². The Morgan fingerprint density at radius 1 is 0.713 bits per heavy atom. The second-order valence-corrected chi connectivity index (χ2v) is 26.5. The Morgan fingerprint density at radius 3 is 1.93 bits per heavy atom. The molecule has 0 saturated carbocycles. The molecule has 7 amide bonds. The zero-order valence-corrected chi connectivity index (χ0v) is 55.8. The fourth-order valence-corrected chi connectivity index (χ4v) is 12.9. The number of carbonyl (C=O) groups is 8. The molecule has 21 N–H and O–H groups in total. The van der Waals surface area contributed by atoms with Crippen LogP contribution in [0, 0.1) is 5.92 Å². The van der Waals surface area contributed by atoms with Crippen LogP contribution < -0.4 is 62.9 Å². The molecule has 0 radical (unpaired) electrons. The average molecular weight is 1450 g/mol. The number of carboxylic acid groups (broad SMARTS) is 1. The monoisotopic (exact) mass is 1450 g/mol. The molecule has 11 bridgehead atoms. The molecular weight excluding hydrogens is 1370 g/mol. The van der Waals surface area contributed by atoms with Crippen LogP contribution in [-0.4, -0.2) is 191 Å². The number of rotatable bonds is 13. The van der Waals surface area contributed by atoms with Gasteiger partial charge in [0.1, 0.15) is 95.6 Å². The fourth-order valence-electron chi connectivity index (χ4n) is 12.5. The molecule has 2 saturated heterocycles. The van der Waals surface area contributed by atoms with Crippen LogP contribution in [-0.2, 0) is 52.6 Å². The number of primary amides is 1. The molecule has 7 aliphatic rings. The topological polar surface area (TPSA) is 530 Å². The lowest BCUT2D eigenvalue weighted by Gasteiger charge is -2.44. The van der Waals surface area contributed by atoms with Crippen LogP contribution in [0.15, 0.2) is 78.9 Å². The van der Waals surface area contributed by atoms with Gasteiger partial charge in [0.15, 0.2) is 23.8 Å². The minimum absolute atomic E-state index is 0.0953. The van der Waals surface area contributed by atoms with Crippen molar-refractivity contribution in [2.24, 2.45) is 17.4 Å². The van der Waals surface area contributed by atoms with Crippen LogP contribution in [0.5, 0.6) is 46.0 Å². The van der Waals surface area contributed by atoms with Crippen molar-refractivity contribution < 1.29 is 118 Å². The van der Waals surface area contributed by atoms with Gasteiger partial charge in [0.05, 0.1) is 41.3 Å². The van der Waals surface area contributed by atoms with E-state index in [4.69, 9.17) is 63.1 Å². The average Bonchev–Trinajstić information content (AvgIpc) is 0.770. The summed E-state index contributed by atoms with van der Waals surface area (Å²) in [4.78, 5) is 118. The van der Waals surface area contributed by atoms with Crippen molar-refractivity contribution in [1.29, 1.82) is 0 Å². The summed E-state index contributed by atoms with van der Waals surface area (Å²) in [7, 11) is 1.47. The summed E-state index contributed by atoms with van der Waals surface area (Å²) in [5.41, 5.74) is 8.15. The number of benzene rings is 5. The Morgan fingerprint density at radius 2 is 1.33 bits per heavy atom. The number of fused-ring (bicyclic) bond motifs is 15. The molecule has 5 aromatic rings. The maximum atomic E-state index is 16.1. The summed E-state index contributed by atoms with van der Waals surface area (Å²) in [5, 5.41) is 129. The predicted octanol–water partition coefficient (Wildman–Crippen LogP) is 0.106. The maximum Gasteiger partial charge on any atom is 0.330 e. The Labute approximate surface area is 584 Å². The fraction of sp³-hybridized carbons (Fsp3) is 0.424. The van der Waals surface area contributed by atoms with Gasteiger partial charge in [-0.1, -0.05) is 55.2 Å². The van der Waals surface area contributed by atoms with Crippen molar-refractivity contribution in [3.05, 3.63) is 117 Å². The van der Waals surface area contributed by atoms with Gasteiger partial charge in [-0.05, 0) is 110 Å². The number of ether oxygens (including phenoxy) is 6. The van der Waals surface area contributed by atoms with Gasteiger partial charge in [0.2, 0.25) is 53.4 Å². The first-order valence-electron chi connectivity index (χ1n) is 31.6. The van der Waals surface area contributed by atoms with Gasteiger partial charge < -0.3 is 128 Å². The Hall–Kier alpha value is -9.20. The zero-order valence-electron chi connectivity index (χ0n) is 54.3. The number of aliphatic hydroxyl groups is 6. The summed E-state index contributed by atoms with van der Waals surface area (Å²) in [6.45, 7) is 5.60. The van der Waals surface area contributed by atoms with E-state index in [0.717, 1.165) is 54.6 Å². The lowest BCUT2D eigenvalue weighted by atomic mass is 9.86. The molecule has 7 heterocycles. The third-order valence-corrected chi connectivity index (χ3v) is 18.4. The molecule has 33 nitrogen and oxygen atoms in total. The van der Waals surface area contributed by atoms with Crippen molar-refractivity contribution in [3.63, 3.8) is 0 Å². The van der Waals surface area contributed by atoms with Crippen LogP contribution in [0.1, 0.15) is 105 Å². The number of aliphatic carboxylic acids is 1. The molecule has 2 fully saturated rings. The molecule has 4 unspecified atom stereocenters. The van der Waals surface area contributed by atoms with E-state index in [1.807, 2.05) is 13.8 Å². The number of phenolic OH excluding ortho intramolecular Hbond substituents is 3. The summed E-state index contributed by atoms with van der Waals surface area (Å²) in [6, 6.07) is -0.386. The SMILES string of the molecule is CN[C@H](CC(C)C)C(=O)NC1C(=O)N[C@@H](CC(N)=O)C(=O)NC2C(=O)N[C@H]3C(=O)NC(C(=O)NC(C(=O)O)c4cc(O)cc(O)c4-c4cc3ccc4O)[C@H](O[C@H]3C[C@](C)(N)[C@@H](O)[C@H](C)O3)c3ccc(c(Cl)c3)Oc3cc2cc(c3O[C@@H]2O[C@H](CO)[C@@H](O)[C@H](O)[C@H]2O)Oc2ccc(cc2Cl)[C@H]1O. The van der Waals surface area contributed by atoms with Crippen molar-refractivity contribution in [2.75, 3.05) is 13.7 Å². The maximum absolute atomic E-state index is 16.1. The van der Waals surface area contributed by atoms with Crippen LogP contribution in [0.4, 0.5) is 0 Å². The summed E-state index contributed by atoms with van der Waals surface area (Å²) in [5.74, 6) is -16.0. The van der Waals surface area contributed by atoms with Gasteiger partial charge in [0.25, 0.3) is 0 Å². The highest BCUT2D eigenvalue weighted by molar-refractivity contribution is 6.32. The van der Waals surface area contributed by atoms with Crippen molar-refractivity contribution in [2.45, 2.75) is 156 Å². The van der Waals surface area contributed by atoms with Crippen molar-refractivity contribution >= 4 is 70.5 Å². The highest BCUT2D eigenvalue weighted by atomic mass is 35.5. The Balaban J connectivity index is 1.26. The first-order valence-corrected chi connectivity index (χ1v) is 32.4. The van der Waals surface area contributed by atoms with E-state index in [9.17, 15) is 70.2 Å². The first-order chi connectivity index (χ1) is 47.7. The molecule has 7 aliphatic heterocycles. The van der Waals surface area contributed by atoms with Gasteiger partial charge in [-0.2, -0.15) is 0 Å². The van der Waals surface area contributed by atoms with Gasteiger partial charge in [-0.25, -0.2) is 4.79 Å². The Bertz CT molecular complexity index is 4070. The number of carboxylic acids is 1. The largest absolute Gasteiger partial charge is 0.508 e. The molecule has 0 aromatic heterocycles. The molecule has 18 atom stereocenters. The number of aliphatic hydroxyl groups excluding tert-OH is 6. The minimum atomic E-state index is -2.35. The number of phenols is 3. The van der Waals surface area contributed by atoms with Crippen molar-refractivity contribution in [3.8, 4) is 57.1 Å². The molecule has 0 spiro atoms. The highest BCUT2D eigenvalue weighted by Gasteiger charge is 2.49. The van der Waals surface area contributed by atoms with Gasteiger partial charge in [0, 0.05) is 34.7 Å². The highest BCUT2D eigenvalue weighted by Crippen LogP contribution is 2.50. The van der Waals surface area contributed by atoms with E-state index in [0.29, 0.717) is 0 Å². The predicted molar refractivity (Wildman–Crippen MR) is 349 cm³/mol. The molecule has 5 aromatic carbocycles. The lowest BCUT2D eigenvalue weighted by molar-refractivity contribution is -0.277. The third-order valence-electron chi connectivity index (χ3n) is 17.8. The zero-order chi connectivity index (χ0) is 73.5. The van der Waals surface area contributed by atoms with E-state index < -0.39 is 231 Å². The number of nitrogens with two attached hydrogens (primary N) is 2. The molecule has 542 valence electrons. The first kappa shape index (κ1) is 74.5. The molecule has 0 aliphatic carbocycles. The number of carbonyl (C=O) groups excluding carboxylic acids is 7. The van der Waals surface area contributed by atoms with Gasteiger partial charge in [-0.15, -0.1) is 0 Å². The lowest BCUT2D eigenvalue weighted by Crippen LogP contribution is -2.61. The minimum Gasteiger partial charge on any atom is -0.508 e. The number of amides is 7. The summed E-state index contributed by atoms with van der Waals surface area (Å²) >= 11 is 14.2. The number of aromatic hydroxyl groups is 3. The van der Waals surface area contributed by atoms with Crippen LogP contribution in [0.3, 0.4) is 0 Å². The standard InChI is InChI=1S/C66H75Cl2N9O24/c1-23(2)12-34(71-5)58(88)76-49-51(83)26-7-10-38(32(67)14-26)97-40-16-28-17-41(56(40)101-65-54(86)53(85)52(84)42(22-78)99-65)98-39-11-8-27(15-33(39)68)55(100-44-21-66(4,70)57(87)24(3)96-44)50-63(93)75-48(64(94)95)31-18-29(79)19-37(81)45(31)30-13-25(6-9-36(30)80)46(60(90)77-50)74-61(91)47(28)73-59(89)35(20-43(69)82)72-62(49)92/h6-11,13-19,23-24,34-35,42,44,46-55,57,65,71,78-81,83-87H,12,20-22,70H2,1-5H3,(H2,69,82)(H,72,92)(H,73,89)(H,74,91)(H,75,93)(H,76,88)(H,77,90)(H,94,95)/t24-,34+,35-,42+,44-,46+,47?,48?,49?,50?,51+,52+,53-,54+,55+,57-,65-,66-/m0/s1. The molecule has 35 heteroatoms. The number of halogens is 2. The molecule has 12 rings (SSSR count). The van der Waals surface area contributed by atoms with Gasteiger partial charge in [-0.3, -0.25) is 33.6 Å². The smallest absolute Gasteiger partial charge is 0.330 e. The quantitative estimate of drug-likeness (QED) is 0.0743. The van der Waals surface area contributed by atoms with Crippen molar-refractivity contribution in [1.82, 2.24) is 37.2 Å².